The van der Waals surface area contributed by atoms with Crippen LogP contribution in [0.4, 0.5) is 4.79 Å². The summed E-state index contributed by atoms with van der Waals surface area (Å²) in [5.41, 5.74) is 0. The highest BCUT2D eigenvalue weighted by Crippen LogP contribution is 2.46. The van der Waals surface area contributed by atoms with E-state index in [2.05, 4.69) is 11.4 Å². The second-order valence-electron chi connectivity index (χ2n) is 8.48. The summed E-state index contributed by atoms with van der Waals surface area (Å²) in [6, 6.07) is 30.8. The first-order chi connectivity index (χ1) is 17.6. The number of carbonyl (C=O) groups is 2. The Kier molecular flexibility index (Phi) is 10.1. The predicted molar refractivity (Wildman–Crippen MR) is 149 cm³/mol. The Hall–Kier alpha value is -3.61. The van der Waals surface area contributed by atoms with Crippen LogP contribution >= 0.6 is 6.89 Å². The average molecular weight is 501 g/mol. The second kappa shape index (κ2) is 13.5. The fourth-order valence-electron chi connectivity index (χ4n) is 4.31. The summed E-state index contributed by atoms with van der Waals surface area (Å²) < 4.78 is 5.22. The molecule has 1 N–H and O–H groups in total. The van der Waals surface area contributed by atoms with Crippen molar-refractivity contribution in [2.24, 2.45) is 0 Å². The molecule has 0 heterocycles. The lowest BCUT2D eigenvalue weighted by Crippen LogP contribution is -2.46. The van der Waals surface area contributed by atoms with Gasteiger partial charge in [0, 0.05) is 0 Å². The number of ketones is 1. The van der Waals surface area contributed by atoms with Crippen molar-refractivity contribution in [3.63, 3.8) is 0 Å². The van der Waals surface area contributed by atoms with Gasteiger partial charge in [-0.3, -0.25) is 4.79 Å². The largest absolute Gasteiger partial charge is 0.450 e. The summed E-state index contributed by atoms with van der Waals surface area (Å²) in [5, 5.41) is 16.3. The molecular formula is C30H33N2O3P. The van der Waals surface area contributed by atoms with Crippen LogP contribution in [0.15, 0.2) is 91.0 Å². The molecule has 0 radical (unpaired) electrons. The van der Waals surface area contributed by atoms with E-state index >= 15 is 0 Å². The Morgan fingerprint density at radius 2 is 1.31 bits per heavy atom. The van der Waals surface area contributed by atoms with E-state index in [1.807, 2.05) is 105 Å². The Morgan fingerprint density at radius 3 is 1.69 bits per heavy atom. The minimum absolute atomic E-state index is 0.169. The van der Waals surface area contributed by atoms with Gasteiger partial charge in [-0.1, -0.05) is 118 Å². The highest BCUT2D eigenvalue weighted by atomic mass is 31.2. The maximum absolute atomic E-state index is 14.3. The van der Waals surface area contributed by atoms with Crippen molar-refractivity contribution in [2.45, 2.75) is 45.6 Å². The summed E-state index contributed by atoms with van der Waals surface area (Å²) in [6.07, 6.45) is 2.07. The topological polar surface area (TPSA) is 79.2 Å². The summed E-state index contributed by atoms with van der Waals surface area (Å²) >= 11 is 0. The molecule has 0 fully saturated rings. The van der Waals surface area contributed by atoms with Crippen molar-refractivity contribution in [3.05, 3.63) is 91.0 Å². The van der Waals surface area contributed by atoms with E-state index in [0.717, 1.165) is 28.8 Å². The van der Waals surface area contributed by atoms with E-state index in [1.54, 1.807) is 0 Å². The molecule has 6 heteroatoms. The molecular weight excluding hydrogens is 467 g/mol. The SMILES string of the molecule is CCCC[C@H](NC(=O)OCCC)C(=O)C(C#N)=P(c1ccccc1)(c1ccccc1)c1ccccc1. The lowest BCUT2D eigenvalue weighted by atomic mass is 10.0. The zero-order valence-corrected chi connectivity index (χ0v) is 21.8. The van der Waals surface area contributed by atoms with Crippen LogP contribution < -0.4 is 21.2 Å². The van der Waals surface area contributed by atoms with Crippen molar-refractivity contribution in [3.8, 4) is 6.07 Å². The van der Waals surface area contributed by atoms with Crippen molar-refractivity contribution in [1.29, 1.82) is 5.26 Å². The van der Waals surface area contributed by atoms with Crippen LogP contribution in [0.25, 0.3) is 0 Å². The van der Waals surface area contributed by atoms with Gasteiger partial charge in [0.2, 0.25) is 0 Å². The molecule has 3 aromatic rings. The first kappa shape index (κ1) is 27.0. The summed E-state index contributed by atoms with van der Waals surface area (Å²) in [6.45, 7) is 1.35. The normalized spacial score (nSPS) is 11.7. The number of unbranched alkanes of at least 4 members (excludes halogenated alkanes) is 1. The lowest BCUT2D eigenvalue weighted by Gasteiger charge is -2.31. The number of ether oxygens (including phenoxy) is 1. The highest BCUT2D eigenvalue weighted by molar-refractivity contribution is 7.97. The van der Waals surface area contributed by atoms with E-state index in [9.17, 15) is 14.9 Å². The monoisotopic (exact) mass is 500 g/mol. The van der Waals surface area contributed by atoms with Gasteiger partial charge in [0.05, 0.1) is 12.6 Å². The van der Waals surface area contributed by atoms with Crippen molar-refractivity contribution in [2.75, 3.05) is 6.61 Å². The van der Waals surface area contributed by atoms with Gasteiger partial charge < -0.3 is 10.1 Å². The van der Waals surface area contributed by atoms with Crippen molar-refractivity contribution in [1.82, 2.24) is 5.32 Å². The molecule has 3 aromatic carbocycles. The zero-order valence-electron chi connectivity index (χ0n) is 20.9. The quantitative estimate of drug-likeness (QED) is 0.378. The van der Waals surface area contributed by atoms with Gasteiger partial charge in [0.25, 0.3) is 0 Å². The third-order valence-corrected chi connectivity index (χ3v) is 10.2. The van der Waals surface area contributed by atoms with Crippen LogP contribution in [0.5, 0.6) is 0 Å². The Labute approximate surface area is 214 Å². The number of nitriles is 1. The van der Waals surface area contributed by atoms with Gasteiger partial charge in [-0.15, -0.1) is 0 Å². The molecule has 0 bridgehead atoms. The fraction of sp³-hybridized carbons (Fsp3) is 0.267. The third kappa shape index (κ3) is 5.96. The van der Waals surface area contributed by atoms with Gasteiger partial charge in [0.15, 0.2) is 5.78 Å². The molecule has 0 aromatic heterocycles. The minimum Gasteiger partial charge on any atom is -0.450 e. The number of Topliss-reactive ketones (excluding diaryl/α,β-unsaturated/α-hetero) is 1. The number of nitrogens with zero attached hydrogens (tertiary/aromatic N) is 1. The second-order valence-corrected chi connectivity index (χ2v) is 11.8. The maximum Gasteiger partial charge on any atom is 0.407 e. The Balaban J connectivity index is 2.35. The van der Waals surface area contributed by atoms with E-state index in [1.165, 1.54) is 0 Å². The molecule has 0 saturated heterocycles. The van der Waals surface area contributed by atoms with E-state index in [4.69, 9.17) is 4.74 Å². The number of hydrogen-bond acceptors (Lipinski definition) is 4. The first-order valence-corrected chi connectivity index (χ1v) is 14.2. The molecule has 5 nitrogen and oxygen atoms in total. The average Bonchev–Trinajstić information content (AvgIpc) is 2.94. The molecule has 3 rings (SSSR count). The van der Waals surface area contributed by atoms with Crippen LogP contribution in [-0.2, 0) is 9.53 Å². The number of benzene rings is 3. The van der Waals surface area contributed by atoms with Crippen LogP contribution in [0.2, 0.25) is 0 Å². The van der Waals surface area contributed by atoms with Crippen molar-refractivity contribution >= 4 is 40.0 Å². The van der Waals surface area contributed by atoms with Crippen molar-refractivity contribution < 1.29 is 14.3 Å². The van der Waals surface area contributed by atoms with E-state index < -0.39 is 19.0 Å². The summed E-state index contributed by atoms with van der Waals surface area (Å²) in [4.78, 5) is 26.7. The molecule has 186 valence electrons. The number of rotatable bonds is 11. The molecule has 0 aliphatic carbocycles. The van der Waals surface area contributed by atoms with Crippen LogP contribution in [0.3, 0.4) is 0 Å². The predicted octanol–water partition coefficient (Wildman–Crippen LogP) is 4.94. The standard InChI is InChI=1S/C30H33N2O3P/c1-3-5-21-27(32-30(34)35-22-4-2)29(33)28(23-31)36(24-15-9-6-10-16-24,25-17-11-7-12-18-25)26-19-13-8-14-20-26/h6-20,27H,3-5,21-22H2,1-2H3,(H,32,34)/t27-/m0/s1. The number of nitrogens with one attached hydrogen (secondary N) is 1. The van der Waals surface area contributed by atoms with Gasteiger partial charge in [-0.2, -0.15) is 5.26 Å². The van der Waals surface area contributed by atoms with E-state index in [-0.39, 0.29) is 17.7 Å². The number of hydrogen-bond donors (Lipinski definition) is 1. The molecule has 0 saturated carbocycles. The van der Waals surface area contributed by atoms with Gasteiger partial charge in [0.1, 0.15) is 11.4 Å². The lowest BCUT2D eigenvalue weighted by molar-refractivity contribution is -0.114. The Morgan fingerprint density at radius 1 is 0.833 bits per heavy atom. The van der Waals surface area contributed by atoms with Crippen LogP contribution in [0, 0.1) is 11.3 Å². The minimum atomic E-state index is -2.86. The molecule has 1 atom stereocenters. The van der Waals surface area contributed by atoms with Gasteiger partial charge >= 0.3 is 6.09 Å². The zero-order chi connectivity index (χ0) is 25.8. The molecule has 36 heavy (non-hydrogen) atoms. The third-order valence-electron chi connectivity index (χ3n) is 6.00. The highest BCUT2D eigenvalue weighted by Gasteiger charge is 2.36. The fourth-order valence-corrected chi connectivity index (χ4v) is 8.47. The number of carbonyl (C=O) groups excluding carboxylic acids is 2. The molecule has 0 aliphatic heterocycles. The van der Waals surface area contributed by atoms with Crippen LogP contribution in [0.1, 0.15) is 39.5 Å². The number of amides is 1. The van der Waals surface area contributed by atoms with Gasteiger partial charge in [-0.05, 0) is 35.6 Å². The molecule has 1 amide bonds. The van der Waals surface area contributed by atoms with Crippen LogP contribution in [-0.4, -0.2) is 29.8 Å². The summed E-state index contributed by atoms with van der Waals surface area (Å²) in [7, 11) is 0. The maximum atomic E-state index is 14.3. The van der Waals surface area contributed by atoms with Gasteiger partial charge in [-0.25, -0.2) is 4.79 Å². The van der Waals surface area contributed by atoms with E-state index in [0.29, 0.717) is 12.8 Å². The Bertz CT molecular complexity index is 1130. The smallest absolute Gasteiger partial charge is 0.407 e. The summed E-state index contributed by atoms with van der Waals surface area (Å²) in [5.74, 6) is -0.357. The first-order valence-electron chi connectivity index (χ1n) is 12.4. The molecule has 0 spiro atoms. The number of alkyl carbamates (subject to hydrolysis) is 1. The molecule has 0 unspecified atom stereocenters. The molecule has 0 aliphatic rings.